The van der Waals surface area contributed by atoms with E-state index in [0.29, 0.717) is 6.54 Å². The van der Waals surface area contributed by atoms with Crippen molar-refractivity contribution >= 4 is 46.7 Å². The zero-order chi connectivity index (χ0) is 39.1. The van der Waals surface area contributed by atoms with E-state index in [1.807, 2.05) is 36.4 Å². The molecule has 0 amide bonds. The van der Waals surface area contributed by atoms with E-state index >= 15 is 0 Å². The van der Waals surface area contributed by atoms with Crippen LogP contribution in [-0.4, -0.2) is 12.6 Å². The highest BCUT2D eigenvalue weighted by atomic mass is 15.2. The van der Waals surface area contributed by atoms with E-state index in [2.05, 4.69) is 194 Å². The Labute approximate surface area is 336 Å². The van der Waals surface area contributed by atoms with Gasteiger partial charge in [-0.15, -0.1) is 0 Å². The number of hydrogen-bond acceptors (Lipinski definition) is 4. The van der Waals surface area contributed by atoms with Crippen LogP contribution in [-0.2, 0) is 17.4 Å². The maximum absolute atomic E-state index is 5.23. The summed E-state index contributed by atoms with van der Waals surface area (Å²) < 4.78 is 0. The van der Waals surface area contributed by atoms with Gasteiger partial charge in [-0.25, -0.2) is 0 Å². The molecule has 280 valence electrons. The Kier molecular flexibility index (Phi) is 9.09. The monoisotopic (exact) mass is 741 g/mol. The molecule has 1 unspecified atom stereocenters. The Bertz CT molecular complexity index is 2600. The first-order chi connectivity index (χ1) is 27.8. The van der Waals surface area contributed by atoms with Gasteiger partial charge in [-0.1, -0.05) is 155 Å². The molecule has 9 rings (SSSR count). The molecule has 2 aliphatic rings. The van der Waals surface area contributed by atoms with E-state index in [1.54, 1.807) is 0 Å². The van der Waals surface area contributed by atoms with Crippen molar-refractivity contribution < 1.29 is 0 Å². The first-order valence-electron chi connectivity index (χ1n) is 19.7. The van der Waals surface area contributed by atoms with E-state index in [4.69, 9.17) is 4.99 Å². The number of amidine groups is 1. The molecule has 7 aromatic carbocycles. The molecule has 0 saturated carbocycles. The molecular formula is C52H47N5. The van der Waals surface area contributed by atoms with Crippen molar-refractivity contribution in [3.05, 3.63) is 215 Å². The lowest BCUT2D eigenvalue weighted by Crippen LogP contribution is -2.35. The predicted octanol–water partition coefficient (Wildman–Crippen LogP) is 12.8. The third-order valence-electron chi connectivity index (χ3n) is 11.8. The van der Waals surface area contributed by atoms with Crippen LogP contribution in [0.15, 0.2) is 186 Å². The molecule has 5 heteroatoms. The number of nitrogens with one attached hydrogen (secondary N) is 1. The summed E-state index contributed by atoms with van der Waals surface area (Å²) in [6, 6.07) is 62.8. The number of para-hydroxylation sites is 3. The smallest absolute Gasteiger partial charge is 0.145 e. The minimum absolute atomic E-state index is 0.230. The van der Waals surface area contributed by atoms with Crippen LogP contribution in [0, 0.1) is 0 Å². The summed E-state index contributed by atoms with van der Waals surface area (Å²) in [6.45, 7) is 13.9. The van der Waals surface area contributed by atoms with Crippen molar-refractivity contribution in [3.8, 4) is 0 Å². The van der Waals surface area contributed by atoms with Crippen molar-refractivity contribution in [2.24, 2.45) is 9.98 Å². The highest BCUT2D eigenvalue weighted by Gasteiger charge is 2.43. The molecular weight excluding hydrogens is 695 g/mol. The molecule has 2 heterocycles. The van der Waals surface area contributed by atoms with Crippen LogP contribution >= 0.6 is 0 Å². The topological polar surface area (TPSA) is 43.2 Å². The standard InChI is InChI=1S/C52H47N5/c1-51(2)41-28-18-19-29-45(41)56(39-24-14-8-15-25-39)47-34-44-48(33-43(47)51)57(40-26-16-9-17-27-40)46-31-30-36(32-42(46)52(44,3)4)35-54-50(38-22-12-7-13-23-38)55-49(53-5)37-20-10-6-11-21-37/h6-34,49H,5,35H2,1-4H3,(H,54,55). The fourth-order valence-corrected chi connectivity index (χ4v) is 8.77. The molecule has 0 bridgehead atoms. The van der Waals surface area contributed by atoms with E-state index in [0.717, 1.165) is 33.9 Å². The van der Waals surface area contributed by atoms with Crippen LogP contribution in [0.25, 0.3) is 0 Å². The Hall–Kier alpha value is -6.72. The van der Waals surface area contributed by atoms with Crippen LogP contribution in [0.4, 0.5) is 34.1 Å². The molecule has 0 radical (unpaired) electrons. The molecule has 5 nitrogen and oxygen atoms in total. The van der Waals surface area contributed by atoms with Crippen molar-refractivity contribution in [3.63, 3.8) is 0 Å². The summed E-state index contributed by atoms with van der Waals surface area (Å²) in [5, 5.41) is 3.59. The summed E-state index contributed by atoms with van der Waals surface area (Å²) in [6.07, 6.45) is -0.332. The van der Waals surface area contributed by atoms with Gasteiger partial charge in [0.1, 0.15) is 12.0 Å². The molecule has 1 atom stereocenters. The van der Waals surface area contributed by atoms with Gasteiger partial charge in [-0.05, 0) is 88.6 Å². The molecule has 0 spiro atoms. The molecule has 0 fully saturated rings. The van der Waals surface area contributed by atoms with E-state index in [-0.39, 0.29) is 17.0 Å². The number of aliphatic imine (C=N–C) groups is 2. The molecule has 2 aliphatic heterocycles. The second-order valence-electron chi connectivity index (χ2n) is 16.0. The lowest BCUT2D eigenvalue weighted by atomic mass is 9.68. The van der Waals surface area contributed by atoms with Crippen LogP contribution in [0.2, 0.25) is 0 Å². The summed E-state index contributed by atoms with van der Waals surface area (Å²) in [5.74, 6) is 0.778. The van der Waals surface area contributed by atoms with Gasteiger partial charge >= 0.3 is 0 Å². The minimum atomic E-state index is -0.333. The highest BCUT2D eigenvalue weighted by molar-refractivity contribution is 5.99. The number of nitrogens with zero attached hydrogens (tertiary/aromatic N) is 4. The normalized spacial score (nSPS) is 15.4. The Morgan fingerprint density at radius 2 is 1.00 bits per heavy atom. The van der Waals surface area contributed by atoms with Crippen LogP contribution in [0.1, 0.15) is 72.8 Å². The van der Waals surface area contributed by atoms with Crippen molar-refractivity contribution in [1.29, 1.82) is 0 Å². The van der Waals surface area contributed by atoms with Crippen LogP contribution in [0.3, 0.4) is 0 Å². The zero-order valence-electron chi connectivity index (χ0n) is 33.0. The van der Waals surface area contributed by atoms with E-state index < -0.39 is 0 Å². The second-order valence-corrected chi connectivity index (χ2v) is 16.0. The van der Waals surface area contributed by atoms with Gasteiger partial charge < -0.3 is 15.1 Å². The Morgan fingerprint density at radius 3 is 1.58 bits per heavy atom. The van der Waals surface area contributed by atoms with E-state index in [9.17, 15) is 0 Å². The van der Waals surface area contributed by atoms with Gasteiger partial charge in [0.25, 0.3) is 0 Å². The fraction of sp³-hybridized carbons (Fsp3) is 0.154. The second kappa shape index (κ2) is 14.4. The molecule has 0 aromatic heterocycles. The zero-order valence-corrected chi connectivity index (χ0v) is 33.0. The SMILES string of the molecule is C=NC(NC(=NCc1ccc2c(c1)C(C)(C)c1cc3c(cc1N2c1ccccc1)C(C)(C)c1ccccc1N3c1ccccc1)c1ccccc1)c1ccccc1. The van der Waals surface area contributed by atoms with E-state index in [1.165, 1.54) is 45.0 Å². The van der Waals surface area contributed by atoms with Gasteiger partial charge in [0, 0.05) is 27.8 Å². The van der Waals surface area contributed by atoms with Gasteiger partial charge in [0.2, 0.25) is 0 Å². The van der Waals surface area contributed by atoms with Gasteiger partial charge in [0.05, 0.1) is 29.3 Å². The quantitative estimate of drug-likeness (QED) is 0.125. The van der Waals surface area contributed by atoms with Crippen LogP contribution < -0.4 is 15.1 Å². The molecule has 7 aromatic rings. The summed E-state index contributed by atoms with van der Waals surface area (Å²) >= 11 is 0. The Balaban J connectivity index is 1.18. The number of anilines is 6. The maximum Gasteiger partial charge on any atom is 0.145 e. The number of fused-ring (bicyclic) bond motifs is 4. The molecule has 0 saturated heterocycles. The molecule has 57 heavy (non-hydrogen) atoms. The van der Waals surface area contributed by atoms with Crippen molar-refractivity contribution in [2.75, 3.05) is 9.80 Å². The first kappa shape index (κ1) is 35.9. The molecule has 1 N–H and O–H groups in total. The number of rotatable bonds is 8. The summed E-state index contributed by atoms with van der Waals surface area (Å²) in [5.41, 5.74) is 14.9. The lowest BCUT2D eigenvalue weighted by molar-refractivity contribution is 0.614. The maximum atomic E-state index is 5.23. The van der Waals surface area contributed by atoms with Gasteiger partial charge in [0.15, 0.2) is 0 Å². The third-order valence-corrected chi connectivity index (χ3v) is 11.8. The first-order valence-corrected chi connectivity index (χ1v) is 19.7. The Morgan fingerprint density at radius 1 is 0.526 bits per heavy atom. The van der Waals surface area contributed by atoms with Crippen LogP contribution in [0.5, 0.6) is 0 Å². The van der Waals surface area contributed by atoms with Crippen molar-refractivity contribution in [2.45, 2.75) is 51.2 Å². The number of benzene rings is 7. The van der Waals surface area contributed by atoms with Gasteiger partial charge in [-0.2, -0.15) is 0 Å². The summed E-state index contributed by atoms with van der Waals surface area (Å²) in [7, 11) is 0. The third kappa shape index (κ3) is 6.30. The lowest BCUT2D eigenvalue weighted by Gasteiger charge is -2.47. The summed E-state index contributed by atoms with van der Waals surface area (Å²) in [4.78, 5) is 14.6. The number of hydrogen-bond donors (Lipinski definition) is 1. The highest BCUT2D eigenvalue weighted by Crippen LogP contribution is 2.58. The van der Waals surface area contributed by atoms with Crippen molar-refractivity contribution in [1.82, 2.24) is 5.32 Å². The average Bonchev–Trinajstić information content (AvgIpc) is 3.25. The average molecular weight is 742 g/mol. The largest absolute Gasteiger partial charge is 0.345 e. The fourth-order valence-electron chi connectivity index (χ4n) is 8.77. The minimum Gasteiger partial charge on any atom is -0.345 e. The predicted molar refractivity (Wildman–Crippen MR) is 239 cm³/mol. The van der Waals surface area contributed by atoms with Gasteiger partial charge in [-0.3, -0.25) is 9.98 Å². The molecule has 0 aliphatic carbocycles.